The zero-order valence-electron chi connectivity index (χ0n) is 21.1. The Morgan fingerprint density at radius 3 is 2.30 bits per heavy atom. The number of nitrogens with zero attached hydrogens (tertiary/aromatic N) is 2. The average Bonchev–Trinajstić information content (AvgIpc) is 2.88. The number of nitrogens with one attached hydrogen (secondary N) is 1. The summed E-state index contributed by atoms with van der Waals surface area (Å²) in [5.74, 6) is -0.287. The first-order valence-electron chi connectivity index (χ1n) is 12.3. The highest BCUT2D eigenvalue weighted by Crippen LogP contribution is 2.29. The lowest BCUT2D eigenvalue weighted by molar-refractivity contribution is -0.118. The van der Waals surface area contributed by atoms with Crippen LogP contribution in [0.1, 0.15) is 35.7 Å². The van der Waals surface area contributed by atoms with E-state index in [2.05, 4.69) is 22.0 Å². The third kappa shape index (κ3) is 6.93. The highest BCUT2D eigenvalue weighted by atomic mass is 19.1. The Labute approximate surface area is 216 Å². The number of carbonyl (C=O) groups is 2. The van der Waals surface area contributed by atoms with Crippen LogP contribution in [0.2, 0.25) is 0 Å². The number of likely N-dealkylation sites (tertiary alicyclic amines) is 1. The quantitative estimate of drug-likeness (QED) is 0.414. The molecule has 1 aliphatic heterocycles. The second-order valence-corrected chi connectivity index (χ2v) is 9.73. The summed E-state index contributed by atoms with van der Waals surface area (Å²) in [7, 11) is 1.95. The Morgan fingerprint density at radius 2 is 1.68 bits per heavy atom. The van der Waals surface area contributed by atoms with Crippen LogP contribution in [0.3, 0.4) is 0 Å². The fraction of sp³-hybridized carbons (Fsp3) is 0.310. The van der Waals surface area contributed by atoms with Gasteiger partial charge in [-0.05, 0) is 75.3 Å². The van der Waals surface area contributed by atoms with Gasteiger partial charge in [-0.2, -0.15) is 0 Å². The van der Waals surface area contributed by atoms with Crippen LogP contribution >= 0.6 is 0 Å². The molecular formula is C29H32FN3O4. The van der Waals surface area contributed by atoms with Crippen molar-refractivity contribution in [1.29, 1.82) is 0 Å². The molecule has 1 amide bonds. The summed E-state index contributed by atoms with van der Waals surface area (Å²) in [5, 5.41) is 12.0. The summed E-state index contributed by atoms with van der Waals surface area (Å²) in [4.78, 5) is 28.0. The van der Waals surface area contributed by atoms with Crippen LogP contribution in [0.15, 0.2) is 72.8 Å². The van der Waals surface area contributed by atoms with E-state index in [1.165, 1.54) is 6.07 Å². The number of hydrogen-bond donors (Lipinski definition) is 2. The minimum absolute atomic E-state index is 0.0520. The largest absolute Gasteiger partial charge is 0.478 e. The Morgan fingerprint density at radius 1 is 1.03 bits per heavy atom. The molecule has 2 N–H and O–H groups in total. The molecular weight excluding hydrogens is 473 g/mol. The molecule has 4 rings (SSSR count). The number of para-hydroxylation sites is 1. The third-order valence-corrected chi connectivity index (χ3v) is 7.05. The maximum absolute atomic E-state index is 14.3. The van der Waals surface area contributed by atoms with Crippen LogP contribution in [-0.2, 0) is 11.3 Å². The minimum Gasteiger partial charge on any atom is -0.478 e. The molecule has 1 heterocycles. The molecule has 0 saturated carbocycles. The first-order valence-corrected chi connectivity index (χ1v) is 12.3. The predicted molar refractivity (Wildman–Crippen MR) is 140 cm³/mol. The van der Waals surface area contributed by atoms with Gasteiger partial charge in [-0.15, -0.1) is 0 Å². The first-order chi connectivity index (χ1) is 17.7. The fourth-order valence-corrected chi connectivity index (χ4v) is 4.46. The van der Waals surface area contributed by atoms with Crippen LogP contribution in [0.25, 0.3) is 0 Å². The topological polar surface area (TPSA) is 82.1 Å². The molecule has 1 saturated heterocycles. The summed E-state index contributed by atoms with van der Waals surface area (Å²) in [6.07, 6.45) is 1.66. The van der Waals surface area contributed by atoms with E-state index in [1.54, 1.807) is 6.07 Å². The summed E-state index contributed by atoms with van der Waals surface area (Å²) in [6.45, 7) is 4.34. The number of anilines is 1. The minimum atomic E-state index is -1.14. The van der Waals surface area contributed by atoms with E-state index < -0.39 is 11.8 Å². The van der Waals surface area contributed by atoms with E-state index in [9.17, 15) is 14.0 Å². The van der Waals surface area contributed by atoms with Crippen molar-refractivity contribution in [3.8, 4) is 11.5 Å². The van der Waals surface area contributed by atoms with E-state index >= 15 is 0 Å². The molecule has 0 unspecified atom stereocenters. The Balaban J connectivity index is 1.25. The van der Waals surface area contributed by atoms with Crippen LogP contribution in [0.4, 0.5) is 10.1 Å². The molecule has 7 nitrogen and oxygen atoms in total. The van der Waals surface area contributed by atoms with Crippen LogP contribution < -0.4 is 10.1 Å². The number of carbonyl (C=O) groups excluding carboxylic acids is 1. The molecule has 3 aromatic rings. The number of likely N-dealkylation sites (N-methyl/N-ethyl adjacent to an activating group) is 1. The van der Waals surface area contributed by atoms with Gasteiger partial charge in [-0.25, -0.2) is 9.18 Å². The number of piperidine rings is 1. The van der Waals surface area contributed by atoms with Gasteiger partial charge in [-0.3, -0.25) is 14.6 Å². The number of rotatable bonds is 9. The molecule has 194 valence electrons. The second kappa shape index (κ2) is 11.5. The van der Waals surface area contributed by atoms with E-state index in [0.717, 1.165) is 37.7 Å². The van der Waals surface area contributed by atoms with Gasteiger partial charge < -0.3 is 15.2 Å². The lowest BCUT2D eigenvalue weighted by atomic mass is 9.87. The predicted octanol–water partition coefficient (Wildman–Crippen LogP) is 5.24. The molecule has 0 atom stereocenters. The number of aromatic carboxylic acids is 1. The Hall–Kier alpha value is -3.75. The van der Waals surface area contributed by atoms with Crippen molar-refractivity contribution in [3.05, 3.63) is 89.7 Å². The number of halogens is 1. The second-order valence-electron chi connectivity index (χ2n) is 9.73. The van der Waals surface area contributed by atoms with Gasteiger partial charge in [0.05, 0.1) is 12.1 Å². The maximum atomic E-state index is 14.3. The van der Waals surface area contributed by atoms with Gasteiger partial charge in [0.25, 0.3) is 0 Å². The van der Waals surface area contributed by atoms with E-state index in [-0.39, 0.29) is 23.6 Å². The fourth-order valence-electron chi connectivity index (χ4n) is 4.46. The van der Waals surface area contributed by atoms with Crippen molar-refractivity contribution >= 4 is 17.6 Å². The summed E-state index contributed by atoms with van der Waals surface area (Å²) in [6, 6.07) is 20.8. The summed E-state index contributed by atoms with van der Waals surface area (Å²) >= 11 is 0. The number of amides is 1. The van der Waals surface area contributed by atoms with Crippen LogP contribution in [0.5, 0.6) is 11.5 Å². The standard InChI is InChI=1S/C29H32FN3O4/c1-29(14-16-33(17-15-29)19-22-9-8-21(28(35)36)18-26(22)30)32(2)20-27(34)31-23-10-12-25(13-11-23)37-24-6-4-3-5-7-24/h3-13,18H,14-17,19-20H2,1-2H3,(H,31,34)(H,35,36). The third-order valence-electron chi connectivity index (χ3n) is 7.05. The number of carboxylic acid groups (broad SMARTS) is 1. The molecule has 1 fully saturated rings. The van der Waals surface area contributed by atoms with Crippen molar-refractivity contribution in [3.63, 3.8) is 0 Å². The van der Waals surface area contributed by atoms with Gasteiger partial charge in [-0.1, -0.05) is 24.3 Å². The zero-order valence-corrected chi connectivity index (χ0v) is 21.1. The monoisotopic (exact) mass is 505 g/mol. The van der Waals surface area contributed by atoms with Gasteiger partial charge in [0.15, 0.2) is 0 Å². The van der Waals surface area contributed by atoms with Gasteiger partial charge in [0, 0.05) is 36.4 Å². The summed E-state index contributed by atoms with van der Waals surface area (Å²) < 4.78 is 20.1. The molecule has 0 radical (unpaired) electrons. The van der Waals surface area contributed by atoms with Crippen molar-refractivity contribution in [1.82, 2.24) is 9.80 Å². The number of carboxylic acids is 1. The van der Waals surface area contributed by atoms with Gasteiger partial charge in [0.2, 0.25) is 5.91 Å². The number of benzene rings is 3. The van der Waals surface area contributed by atoms with Gasteiger partial charge >= 0.3 is 5.97 Å². The molecule has 37 heavy (non-hydrogen) atoms. The first kappa shape index (κ1) is 26.3. The molecule has 3 aromatic carbocycles. The van der Waals surface area contributed by atoms with E-state index in [4.69, 9.17) is 9.84 Å². The molecule has 0 bridgehead atoms. The van der Waals surface area contributed by atoms with Gasteiger partial charge in [0.1, 0.15) is 17.3 Å². The Kier molecular flexibility index (Phi) is 8.21. The van der Waals surface area contributed by atoms with Crippen LogP contribution in [-0.4, -0.2) is 59.0 Å². The lowest BCUT2D eigenvalue weighted by Crippen LogP contribution is -2.53. The smallest absolute Gasteiger partial charge is 0.335 e. The number of ether oxygens (including phenoxy) is 1. The maximum Gasteiger partial charge on any atom is 0.335 e. The molecule has 0 aliphatic carbocycles. The molecule has 8 heteroatoms. The number of hydrogen-bond acceptors (Lipinski definition) is 5. The Bertz CT molecular complexity index is 1230. The average molecular weight is 506 g/mol. The zero-order chi connectivity index (χ0) is 26.4. The van der Waals surface area contributed by atoms with Crippen LogP contribution in [0, 0.1) is 5.82 Å². The highest BCUT2D eigenvalue weighted by molar-refractivity contribution is 5.92. The summed E-state index contributed by atoms with van der Waals surface area (Å²) in [5.41, 5.74) is 0.979. The molecule has 1 aliphatic rings. The molecule has 0 aromatic heterocycles. The SMILES string of the molecule is CN(CC(=O)Nc1ccc(Oc2ccccc2)cc1)C1(C)CCN(Cc2ccc(C(=O)O)cc2F)CC1. The lowest BCUT2D eigenvalue weighted by Gasteiger charge is -2.45. The van der Waals surface area contributed by atoms with Crippen molar-refractivity contribution in [2.75, 3.05) is 32.0 Å². The molecule has 0 spiro atoms. The van der Waals surface area contributed by atoms with Crippen molar-refractivity contribution in [2.24, 2.45) is 0 Å². The van der Waals surface area contributed by atoms with E-state index in [0.29, 0.717) is 23.5 Å². The van der Waals surface area contributed by atoms with Crippen molar-refractivity contribution in [2.45, 2.75) is 31.8 Å². The highest BCUT2D eigenvalue weighted by Gasteiger charge is 2.34. The van der Waals surface area contributed by atoms with E-state index in [1.807, 2.05) is 61.6 Å². The normalized spacial score (nSPS) is 15.4. The van der Waals surface area contributed by atoms with Crippen molar-refractivity contribution < 1.29 is 23.8 Å².